The zero-order chi connectivity index (χ0) is 12.4. The first-order valence-corrected chi connectivity index (χ1v) is 6.04. The first-order chi connectivity index (χ1) is 8.08. The zero-order valence-electron chi connectivity index (χ0n) is 9.37. The maximum Gasteiger partial charge on any atom is 0.337 e. The van der Waals surface area contributed by atoms with Crippen molar-refractivity contribution in [3.63, 3.8) is 0 Å². The predicted octanol–water partition coefficient (Wildman–Crippen LogP) is 2.97. The average molecular weight is 255 g/mol. The van der Waals surface area contributed by atoms with Gasteiger partial charge in [0.1, 0.15) is 0 Å². The summed E-state index contributed by atoms with van der Waals surface area (Å²) in [6.45, 7) is 0. The Morgan fingerprint density at radius 3 is 2.65 bits per heavy atom. The third-order valence-corrected chi connectivity index (χ3v) is 3.34. The maximum atomic E-state index is 11.1. The highest BCUT2D eigenvalue weighted by Gasteiger charge is 2.20. The Labute approximate surface area is 105 Å². The first-order valence-electron chi connectivity index (χ1n) is 5.67. The van der Waals surface area contributed by atoms with Crippen LogP contribution in [0.3, 0.4) is 0 Å². The quantitative estimate of drug-likeness (QED) is 0.725. The molecule has 0 bridgehead atoms. The molecule has 0 amide bonds. The third-order valence-electron chi connectivity index (χ3n) is 3.05. The Kier molecular flexibility index (Phi) is 3.43. The number of aromatic carboxylic acids is 1. The molecular formula is C12H15ClN2O2. The van der Waals surface area contributed by atoms with Crippen molar-refractivity contribution < 1.29 is 9.90 Å². The van der Waals surface area contributed by atoms with Gasteiger partial charge in [-0.2, -0.15) is 0 Å². The predicted molar refractivity (Wildman–Crippen MR) is 68.7 cm³/mol. The number of halogens is 1. The Bertz CT molecular complexity index is 442. The molecule has 1 aliphatic carbocycles. The molecule has 1 saturated carbocycles. The molecular weight excluding hydrogens is 240 g/mol. The lowest BCUT2D eigenvalue weighted by Crippen LogP contribution is -2.17. The molecule has 0 aromatic heterocycles. The van der Waals surface area contributed by atoms with Gasteiger partial charge in [0, 0.05) is 11.7 Å². The van der Waals surface area contributed by atoms with E-state index in [9.17, 15) is 4.79 Å². The van der Waals surface area contributed by atoms with E-state index < -0.39 is 5.97 Å². The van der Waals surface area contributed by atoms with Crippen LogP contribution in [0.4, 0.5) is 11.4 Å². The van der Waals surface area contributed by atoms with Gasteiger partial charge >= 0.3 is 5.97 Å². The van der Waals surface area contributed by atoms with Crippen molar-refractivity contribution in [2.75, 3.05) is 11.1 Å². The molecule has 0 heterocycles. The monoisotopic (exact) mass is 254 g/mol. The topological polar surface area (TPSA) is 75.3 Å². The molecule has 4 nitrogen and oxygen atoms in total. The number of hydrogen-bond donors (Lipinski definition) is 3. The van der Waals surface area contributed by atoms with E-state index in [2.05, 4.69) is 5.32 Å². The second-order valence-electron chi connectivity index (χ2n) is 4.36. The maximum absolute atomic E-state index is 11.1. The molecule has 2 rings (SSSR count). The van der Waals surface area contributed by atoms with Crippen molar-refractivity contribution in [2.24, 2.45) is 0 Å². The zero-order valence-corrected chi connectivity index (χ0v) is 10.1. The SMILES string of the molecule is Nc1cc(Cl)c(NC2CCCC2)c(C(=O)O)c1. The van der Waals surface area contributed by atoms with Crippen LogP contribution in [0.15, 0.2) is 12.1 Å². The molecule has 0 saturated heterocycles. The molecule has 92 valence electrons. The Hall–Kier alpha value is -1.42. The fourth-order valence-electron chi connectivity index (χ4n) is 2.22. The summed E-state index contributed by atoms with van der Waals surface area (Å²) in [5, 5.41) is 12.7. The third kappa shape index (κ3) is 2.64. The summed E-state index contributed by atoms with van der Waals surface area (Å²) in [6, 6.07) is 3.32. The van der Waals surface area contributed by atoms with Crippen LogP contribution in [0, 0.1) is 0 Å². The lowest BCUT2D eigenvalue weighted by molar-refractivity contribution is 0.0698. The van der Waals surface area contributed by atoms with Crippen LogP contribution in [0.2, 0.25) is 5.02 Å². The largest absolute Gasteiger partial charge is 0.478 e. The molecule has 1 aromatic rings. The van der Waals surface area contributed by atoms with E-state index in [0.717, 1.165) is 12.8 Å². The number of carbonyl (C=O) groups is 1. The molecule has 0 unspecified atom stereocenters. The summed E-state index contributed by atoms with van der Waals surface area (Å²) in [5.41, 5.74) is 6.59. The fourth-order valence-corrected chi connectivity index (χ4v) is 2.50. The summed E-state index contributed by atoms with van der Waals surface area (Å²) in [4.78, 5) is 11.1. The van der Waals surface area contributed by atoms with Gasteiger partial charge in [-0.1, -0.05) is 24.4 Å². The van der Waals surface area contributed by atoms with E-state index >= 15 is 0 Å². The fraction of sp³-hybridized carbons (Fsp3) is 0.417. The molecule has 0 spiro atoms. The van der Waals surface area contributed by atoms with Crippen LogP contribution in [-0.2, 0) is 0 Å². The van der Waals surface area contributed by atoms with Crippen molar-refractivity contribution in [1.82, 2.24) is 0 Å². The normalized spacial score (nSPS) is 16.1. The molecule has 1 aliphatic rings. The standard InChI is InChI=1S/C12H15ClN2O2/c13-10-6-7(14)5-9(12(16)17)11(10)15-8-3-1-2-4-8/h5-6,8,15H,1-4,14H2,(H,16,17). The number of carboxylic acid groups (broad SMARTS) is 1. The van der Waals surface area contributed by atoms with Gasteiger partial charge in [-0.25, -0.2) is 4.79 Å². The van der Waals surface area contributed by atoms with E-state index in [1.165, 1.54) is 18.9 Å². The lowest BCUT2D eigenvalue weighted by atomic mass is 10.1. The van der Waals surface area contributed by atoms with Gasteiger partial charge in [-0.3, -0.25) is 0 Å². The van der Waals surface area contributed by atoms with Crippen molar-refractivity contribution in [2.45, 2.75) is 31.7 Å². The van der Waals surface area contributed by atoms with E-state index in [1.54, 1.807) is 6.07 Å². The number of carboxylic acids is 1. The van der Waals surface area contributed by atoms with Crippen molar-refractivity contribution in [1.29, 1.82) is 0 Å². The summed E-state index contributed by atoms with van der Waals surface area (Å²) >= 11 is 6.05. The highest BCUT2D eigenvalue weighted by Crippen LogP contribution is 2.32. The van der Waals surface area contributed by atoms with Crippen LogP contribution >= 0.6 is 11.6 Å². The van der Waals surface area contributed by atoms with E-state index in [1.807, 2.05) is 0 Å². The first kappa shape index (κ1) is 12.0. The number of nitrogen functional groups attached to an aromatic ring is 1. The summed E-state index contributed by atoms with van der Waals surface area (Å²) in [7, 11) is 0. The van der Waals surface area contributed by atoms with Gasteiger partial charge in [-0.05, 0) is 25.0 Å². The molecule has 1 fully saturated rings. The summed E-state index contributed by atoms with van der Waals surface area (Å²) in [5.74, 6) is -1.01. The molecule has 1 aromatic carbocycles. The number of rotatable bonds is 3. The smallest absolute Gasteiger partial charge is 0.337 e. The Morgan fingerprint density at radius 2 is 2.06 bits per heavy atom. The summed E-state index contributed by atoms with van der Waals surface area (Å²) in [6.07, 6.45) is 4.46. The Balaban J connectivity index is 2.33. The highest BCUT2D eigenvalue weighted by molar-refractivity contribution is 6.34. The lowest BCUT2D eigenvalue weighted by Gasteiger charge is -2.17. The number of anilines is 2. The second kappa shape index (κ2) is 4.84. The van der Waals surface area contributed by atoms with Crippen molar-refractivity contribution in [3.05, 3.63) is 22.7 Å². The summed E-state index contributed by atoms with van der Waals surface area (Å²) < 4.78 is 0. The number of nitrogens with two attached hydrogens (primary N) is 1. The van der Waals surface area contributed by atoms with E-state index in [0.29, 0.717) is 22.4 Å². The average Bonchev–Trinajstić information content (AvgIpc) is 2.74. The number of nitrogens with one attached hydrogen (secondary N) is 1. The van der Waals surface area contributed by atoms with Gasteiger partial charge in [0.25, 0.3) is 0 Å². The minimum atomic E-state index is -1.01. The molecule has 4 N–H and O–H groups in total. The van der Waals surface area contributed by atoms with Gasteiger partial charge in [0.2, 0.25) is 0 Å². The molecule has 0 radical (unpaired) electrons. The number of hydrogen-bond acceptors (Lipinski definition) is 3. The minimum Gasteiger partial charge on any atom is -0.478 e. The van der Waals surface area contributed by atoms with Gasteiger partial charge in [0.15, 0.2) is 0 Å². The van der Waals surface area contributed by atoms with Crippen LogP contribution in [0.1, 0.15) is 36.0 Å². The van der Waals surface area contributed by atoms with Crippen LogP contribution in [0.5, 0.6) is 0 Å². The van der Waals surface area contributed by atoms with E-state index in [4.69, 9.17) is 22.4 Å². The Morgan fingerprint density at radius 1 is 1.41 bits per heavy atom. The number of benzene rings is 1. The van der Waals surface area contributed by atoms with Crippen LogP contribution < -0.4 is 11.1 Å². The minimum absolute atomic E-state index is 0.141. The van der Waals surface area contributed by atoms with Gasteiger partial charge in [0.05, 0.1) is 16.3 Å². The van der Waals surface area contributed by atoms with Crippen LogP contribution in [-0.4, -0.2) is 17.1 Å². The second-order valence-corrected chi connectivity index (χ2v) is 4.76. The van der Waals surface area contributed by atoms with Gasteiger partial charge < -0.3 is 16.2 Å². The molecule has 17 heavy (non-hydrogen) atoms. The van der Waals surface area contributed by atoms with E-state index in [-0.39, 0.29) is 5.56 Å². The molecule has 5 heteroatoms. The molecule has 0 atom stereocenters. The molecule has 0 aliphatic heterocycles. The van der Waals surface area contributed by atoms with Crippen molar-refractivity contribution >= 4 is 28.9 Å². The van der Waals surface area contributed by atoms with Crippen LogP contribution in [0.25, 0.3) is 0 Å². The van der Waals surface area contributed by atoms with Gasteiger partial charge in [-0.15, -0.1) is 0 Å². The highest BCUT2D eigenvalue weighted by atomic mass is 35.5. The van der Waals surface area contributed by atoms with Crippen molar-refractivity contribution in [3.8, 4) is 0 Å².